The molecule has 1 aromatic heterocycles. The van der Waals surface area contributed by atoms with E-state index in [1.54, 1.807) is 6.07 Å². The molecule has 0 radical (unpaired) electrons. The molecule has 1 aromatic carbocycles. The third kappa shape index (κ3) is 3.99. The molecule has 2 aromatic rings. The van der Waals surface area contributed by atoms with Gasteiger partial charge in [-0.05, 0) is 12.1 Å². The van der Waals surface area contributed by atoms with Crippen LogP contribution in [0, 0.1) is 0 Å². The van der Waals surface area contributed by atoms with E-state index in [0.29, 0.717) is 33.7 Å². The number of aromatic nitrogens is 2. The maximum Gasteiger partial charge on any atom is 0.313 e. The van der Waals surface area contributed by atoms with E-state index in [-0.39, 0.29) is 5.75 Å². The number of carbonyl (C=O) groups is 1. The van der Waals surface area contributed by atoms with Crippen molar-refractivity contribution < 1.29 is 14.1 Å². The zero-order valence-corrected chi connectivity index (χ0v) is 13.8. The Morgan fingerprint density at radius 1 is 1.52 bits per heavy atom. The standard InChI is InChI=1S/C13H15ClN2O3S2/c1-2-21(19)7-6-16-10-5-3-4-9(14)12(10)15-13(16)20-8-11(17)18/h3-5H,2,6-8H2,1H3,(H,17,18). The molecule has 0 spiro atoms. The molecule has 0 saturated carbocycles. The van der Waals surface area contributed by atoms with E-state index < -0.39 is 16.8 Å². The zero-order valence-electron chi connectivity index (χ0n) is 11.4. The second kappa shape index (κ2) is 7.29. The highest BCUT2D eigenvalue weighted by molar-refractivity contribution is 7.99. The topological polar surface area (TPSA) is 72.2 Å². The van der Waals surface area contributed by atoms with Crippen LogP contribution in [-0.2, 0) is 22.1 Å². The Bertz CT molecular complexity index is 687. The maximum absolute atomic E-state index is 11.6. The number of hydrogen-bond acceptors (Lipinski definition) is 4. The van der Waals surface area contributed by atoms with Gasteiger partial charge in [-0.25, -0.2) is 4.98 Å². The molecular formula is C13H15ClN2O3S2. The molecule has 0 saturated heterocycles. The number of carboxylic acids is 1. The summed E-state index contributed by atoms with van der Waals surface area (Å²) >= 11 is 7.28. The van der Waals surface area contributed by atoms with Crippen molar-refractivity contribution in [3.05, 3.63) is 23.2 Å². The van der Waals surface area contributed by atoms with Crippen LogP contribution in [0.25, 0.3) is 11.0 Å². The normalized spacial score (nSPS) is 12.7. The Balaban J connectivity index is 2.37. The summed E-state index contributed by atoms with van der Waals surface area (Å²) < 4.78 is 13.5. The van der Waals surface area contributed by atoms with Crippen LogP contribution in [0.3, 0.4) is 0 Å². The van der Waals surface area contributed by atoms with Crippen molar-refractivity contribution >= 4 is 51.2 Å². The monoisotopic (exact) mass is 346 g/mol. The fourth-order valence-electron chi connectivity index (χ4n) is 1.88. The van der Waals surface area contributed by atoms with Gasteiger partial charge in [-0.15, -0.1) is 0 Å². The van der Waals surface area contributed by atoms with Crippen molar-refractivity contribution in [2.24, 2.45) is 0 Å². The second-order valence-corrected chi connectivity index (χ2v) is 7.48. The lowest BCUT2D eigenvalue weighted by Crippen LogP contribution is -2.10. The number of aliphatic carboxylic acids is 1. The second-order valence-electron chi connectivity index (χ2n) is 4.27. The molecule has 1 atom stereocenters. The first-order valence-electron chi connectivity index (χ1n) is 6.37. The number of aryl methyl sites for hydroxylation is 1. The molecule has 1 heterocycles. The predicted molar refractivity (Wildman–Crippen MR) is 86.7 cm³/mol. The number of imidazole rings is 1. The molecule has 0 aliphatic rings. The van der Waals surface area contributed by atoms with Crippen molar-refractivity contribution in [3.63, 3.8) is 0 Å². The van der Waals surface area contributed by atoms with Crippen LogP contribution in [-0.4, -0.2) is 42.1 Å². The minimum atomic E-state index is -0.901. The van der Waals surface area contributed by atoms with Gasteiger partial charge in [-0.2, -0.15) is 0 Å². The summed E-state index contributed by atoms with van der Waals surface area (Å²) in [6.07, 6.45) is 0. The van der Waals surface area contributed by atoms with E-state index in [9.17, 15) is 9.00 Å². The predicted octanol–water partition coefficient (Wildman–Crippen LogP) is 2.64. The lowest BCUT2D eigenvalue weighted by atomic mass is 10.3. The van der Waals surface area contributed by atoms with Gasteiger partial charge in [-0.1, -0.05) is 36.4 Å². The first-order valence-corrected chi connectivity index (χ1v) is 9.22. The largest absolute Gasteiger partial charge is 0.481 e. The number of nitrogens with zero attached hydrogens (tertiary/aromatic N) is 2. The number of carboxylic acid groups (broad SMARTS) is 1. The molecule has 2 rings (SSSR count). The van der Waals surface area contributed by atoms with Crippen LogP contribution in [0.2, 0.25) is 5.02 Å². The molecule has 0 fully saturated rings. The Kier molecular flexibility index (Phi) is 5.66. The first-order chi connectivity index (χ1) is 10.0. The summed E-state index contributed by atoms with van der Waals surface area (Å²) in [5, 5.41) is 9.94. The number of halogens is 1. The van der Waals surface area contributed by atoms with E-state index in [4.69, 9.17) is 16.7 Å². The molecule has 0 aliphatic carbocycles. The Labute approximate surface area is 134 Å². The van der Waals surface area contributed by atoms with Crippen LogP contribution in [0.1, 0.15) is 6.92 Å². The number of hydrogen-bond donors (Lipinski definition) is 1. The average molecular weight is 347 g/mol. The summed E-state index contributed by atoms with van der Waals surface area (Å²) in [6.45, 7) is 2.40. The summed E-state index contributed by atoms with van der Waals surface area (Å²) in [5.41, 5.74) is 1.48. The van der Waals surface area contributed by atoms with Crippen molar-refractivity contribution in [2.75, 3.05) is 17.3 Å². The smallest absolute Gasteiger partial charge is 0.313 e. The fourth-order valence-corrected chi connectivity index (χ4v) is 3.52. The van der Waals surface area contributed by atoms with Crippen LogP contribution in [0.4, 0.5) is 0 Å². The van der Waals surface area contributed by atoms with Gasteiger partial charge in [0.2, 0.25) is 0 Å². The van der Waals surface area contributed by atoms with Gasteiger partial charge in [0.1, 0.15) is 5.52 Å². The molecule has 21 heavy (non-hydrogen) atoms. The van der Waals surface area contributed by atoms with E-state index in [2.05, 4.69) is 4.98 Å². The molecule has 0 amide bonds. The summed E-state index contributed by atoms with van der Waals surface area (Å²) in [4.78, 5) is 15.2. The fraction of sp³-hybridized carbons (Fsp3) is 0.385. The van der Waals surface area contributed by atoms with E-state index >= 15 is 0 Å². The minimum Gasteiger partial charge on any atom is -0.481 e. The molecule has 5 nitrogen and oxygen atoms in total. The Hall–Kier alpha value is -1.05. The van der Waals surface area contributed by atoms with Gasteiger partial charge in [-0.3, -0.25) is 9.00 Å². The molecule has 1 unspecified atom stereocenters. The highest BCUT2D eigenvalue weighted by Gasteiger charge is 2.15. The maximum atomic E-state index is 11.6. The molecule has 0 bridgehead atoms. The summed E-state index contributed by atoms with van der Waals surface area (Å²) in [5.74, 6) is 0.139. The van der Waals surface area contributed by atoms with Crippen molar-refractivity contribution in [1.29, 1.82) is 0 Å². The number of benzene rings is 1. The van der Waals surface area contributed by atoms with Crippen LogP contribution < -0.4 is 0 Å². The highest BCUT2D eigenvalue weighted by atomic mass is 35.5. The minimum absolute atomic E-state index is 0.0716. The zero-order chi connectivity index (χ0) is 15.4. The highest BCUT2D eigenvalue weighted by Crippen LogP contribution is 2.28. The van der Waals surface area contributed by atoms with Crippen LogP contribution in [0.15, 0.2) is 23.4 Å². The molecule has 114 valence electrons. The number of para-hydroxylation sites is 1. The van der Waals surface area contributed by atoms with E-state index in [1.165, 1.54) is 0 Å². The van der Waals surface area contributed by atoms with Crippen LogP contribution in [0.5, 0.6) is 0 Å². The third-order valence-corrected chi connectivity index (χ3v) is 5.43. The van der Waals surface area contributed by atoms with Gasteiger partial charge < -0.3 is 9.67 Å². The molecule has 0 aliphatic heterocycles. The van der Waals surface area contributed by atoms with Gasteiger partial charge in [0, 0.05) is 28.9 Å². The molecule has 8 heteroatoms. The van der Waals surface area contributed by atoms with Gasteiger partial charge in [0.05, 0.1) is 16.3 Å². The van der Waals surface area contributed by atoms with Gasteiger partial charge in [0.25, 0.3) is 0 Å². The van der Waals surface area contributed by atoms with Crippen molar-refractivity contribution in [3.8, 4) is 0 Å². The van der Waals surface area contributed by atoms with E-state index in [0.717, 1.165) is 17.3 Å². The Morgan fingerprint density at radius 2 is 2.29 bits per heavy atom. The van der Waals surface area contributed by atoms with Gasteiger partial charge >= 0.3 is 5.97 Å². The first kappa shape index (κ1) is 16.3. The molecular weight excluding hydrogens is 332 g/mol. The number of rotatable bonds is 7. The van der Waals surface area contributed by atoms with E-state index in [1.807, 2.05) is 23.6 Å². The lowest BCUT2D eigenvalue weighted by molar-refractivity contribution is -0.133. The number of fused-ring (bicyclic) bond motifs is 1. The van der Waals surface area contributed by atoms with Crippen LogP contribution >= 0.6 is 23.4 Å². The summed E-state index contributed by atoms with van der Waals surface area (Å²) in [6, 6.07) is 5.45. The molecule has 1 N–H and O–H groups in total. The quantitative estimate of drug-likeness (QED) is 0.780. The Morgan fingerprint density at radius 3 is 2.95 bits per heavy atom. The van der Waals surface area contributed by atoms with Gasteiger partial charge in [0.15, 0.2) is 5.16 Å². The lowest BCUT2D eigenvalue weighted by Gasteiger charge is -2.07. The summed E-state index contributed by atoms with van der Waals surface area (Å²) in [7, 11) is -0.888. The average Bonchev–Trinajstić information content (AvgIpc) is 2.82. The number of thioether (sulfide) groups is 1. The SMILES string of the molecule is CCS(=O)CCn1c(SCC(=O)O)nc2c(Cl)cccc21. The third-order valence-electron chi connectivity index (χ3n) is 2.88. The van der Waals surface area contributed by atoms with Crippen molar-refractivity contribution in [1.82, 2.24) is 9.55 Å². The van der Waals surface area contributed by atoms with Crippen molar-refractivity contribution in [2.45, 2.75) is 18.6 Å².